The molecule has 2 heterocycles. The molecule has 4 rings (SSSR count). The number of hydrogen-bond donors (Lipinski definition) is 5. The Morgan fingerprint density at radius 1 is 0.930 bits per heavy atom. The normalized spacial score (nSPS) is 25.6. The number of benzene rings is 2. The first-order valence-electron chi connectivity index (χ1n) is 14.2. The number of piperazine rings is 1. The highest BCUT2D eigenvalue weighted by molar-refractivity contribution is 5.93. The first kappa shape index (κ1) is 32.6. The zero-order chi connectivity index (χ0) is 31.1. The number of hydrogen-bond acceptors (Lipinski definition) is 11. The van der Waals surface area contributed by atoms with Crippen molar-refractivity contribution in [3.63, 3.8) is 0 Å². The van der Waals surface area contributed by atoms with Gasteiger partial charge >= 0.3 is 5.97 Å². The molecule has 13 heteroatoms. The highest BCUT2D eigenvalue weighted by atomic mass is 16.7. The van der Waals surface area contributed by atoms with Gasteiger partial charge in [0.1, 0.15) is 31.0 Å². The van der Waals surface area contributed by atoms with Gasteiger partial charge in [0, 0.05) is 38.4 Å². The van der Waals surface area contributed by atoms with E-state index in [2.05, 4.69) is 15.1 Å². The van der Waals surface area contributed by atoms with Crippen molar-refractivity contribution >= 4 is 17.6 Å². The molecule has 2 saturated heterocycles. The van der Waals surface area contributed by atoms with Gasteiger partial charge < -0.3 is 44.7 Å². The fourth-order valence-corrected chi connectivity index (χ4v) is 5.22. The minimum Gasteiger partial charge on any atom is -0.493 e. The Morgan fingerprint density at radius 2 is 1.56 bits per heavy atom. The van der Waals surface area contributed by atoms with Gasteiger partial charge in [-0.25, -0.2) is 4.79 Å². The number of carbonyl (C=O) groups excluding carboxylic acids is 1. The molecule has 2 aromatic rings. The molecule has 236 valence electrons. The highest BCUT2D eigenvalue weighted by Gasteiger charge is 2.48. The summed E-state index contributed by atoms with van der Waals surface area (Å²) in [6, 6.07) is 12.9. The summed E-state index contributed by atoms with van der Waals surface area (Å²) in [5.74, 6) is -0.615. The zero-order valence-electron chi connectivity index (χ0n) is 24.6. The van der Waals surface area contributed by atoms with Gasteiger partial charge in [0.15, 0.2) is 23.9 Å². The van der Waals surface area contributed by atoms with E-state index in [0.29, 0.717) is 44.2 Å². The molecule has 1 amide bonds. The number of aliphatic hydroxyl groups is 3. The van der Waals surface area contributed by atoms with Crippen LogP contribution in [0.1, 0.15) is 11.1 Å². The van der Waals surface area contributed by atoms with Gasteiger partial charge in [-0.15, -0.1) is 0 Å². The fraction of sp³-hybridized carbons (Fsp3) is 0.533. The molecule has 43 heavy (non-hydrogen) atoms. The lowest BCUT2D eigenvalue weighted by Crippen LogP contribution is -2.61. The second-order valence-electron chi connectivity index (χ2n) is 10.8. The number of anilines is 1. The molecule has 0 bridgehead atoms. The minimum absolute atomic E-state index is 0.0122. The van der Waals surface area contributed by atoms with Crippen LogP contribution in [0.3, 0.4) is 0 Å². The second kappa shape index (κ2) is 14.9. The summed E-state index contributed by atoms with van der Waals surface area (Å²) in [4.78, 5) is 28.5. The van der Waals surface area contributed by atoms with Crippen LogP contribution in [0.25, 0.3) is 0 Å². The Labute approximate surface area is 250 Å². The summed E-state index contributed by atoms with van der Waals surface area (Å²) in [7, 11) is 1.52. The summed E-state index contributed by atoms with van der Waals surface area (Å²) in [6.45, 7) is 6.93. The van der Waals surface area contributed by atoms with E-state index in [-0.39, 0.29) is 19.1 Å². The minimum atomic E-state index is -1.82. The number of carboxylic acid groups (broad SMARTS) is 1. The first-order chi connectivity index (χ1) is 20.6. The summed E-state index contributed by atoms with van der Waals surface area (Å²) in [6.07, 6.45) is -9.34. The van der Waals surface area contributed by atoms with E-state index in [0.717, 1.165) is 16.8 Å². The van der Waals surface area contributed by atoms with Gasteiger partial charge in [-0.1, -0.05) is 30.3 Å². The maximum atomic E-state index is 12.8. The van der Waals surface area contributed by atoms with Crippen LogP contribution < -0.4 is 14.8 Å². The van der Waals surface area contributed by atoms with Crippen LogP contribution in [0.5, 0.6) is 11.5 Å². The number of aryl methyl sites for hydroxylation is 2. The molecule has 0 spiro atoms. The van der Waals surface area contributed by atoms with E-state index < -0.39 is 42.8 Å². The van der Waals surface area contributed by atoms with E-state index in [4.69, 9.17) is 18.9 Å². The number of methoxy groups -OCH3 is 1. The lowest BCUT2D eigenvalue weighted by Gasteiger charge is -2.41. The van der Waals surface area contributed by atoms with Gasteiger partial charge in [0.25, 0.3) is 0 Å². The number of aliphatic hydroxyl groups excluding tert-OH is 3. The van der Waals surface area contributed by atoms with Gasteiger partial charge in [-0.3, -0.25) is 14.6 Å². The van der Waals surface area contributed by atoms with E-state index in [1.807, 2.05) is 32.0 Å². The predicted molar refractivity (Wildman–Crippen MR) is 155 cm³/mol. The Kier molecular flexibility index (Phi) is 11.3. The number of para-hydroxylation sites is 3. The van der Waals surface area contributed by atoms with Gasteiger partial charge in [0.05, 0.1) is 13.7 Å². The molecule has 0 aromatic heterocycles. The Balaban J connectivity index is 1.37. The molecule has 1 unspecified atom stereocenters. The Hall–Kier alpha value is -3.30. The summed E-state index contributed by atoms with van der Waals surface area (Å²) >= 11 is 0. The third kappa shape index (κ3) is 8.42. The smallest absolute Gasteiger partial charge is 0.335 e. The second-order valence-corrected chi connectivity index (χ2v) is 10.8. The molecule has 0 aliphatic carbocycles. The Bertz CT molecular complexity index is 1220. The molecule has 13 nitrogen and oxygen atoms in total. The van der Waals surface area contributed by atoms with Crippen molar-refractivity contribution in [1.29, 1.82) is 0 Å². The van der Waals surface area contributed by atoms with Crippen molar-refractivity contribution in [3.8, 4) is 11.5 Å². The van der Waals surface area contributed by atoms with Crippen molar-refractivity contribution in [2.24, 2.45) is 0 Å². The number of ether oxygens (including phenoxy) is 4. The summed E-state index contributed by atoms with van der Waals surface area (Å²) in [5.41, 5.74) is 2.84. The van der Waals surface area contributed by atoms with Crippen LogP contribution >= 0.6 is 0 Å². The van der Waals surface area contributed by atoms with Crippen molar-refractivity contribution < 1.29 is 49.0 Å². The molecular weight excluding hydrogens is 562 g/mol. The molecule has 2 aliphatic heterocycles. The molecule has 5 N–H and O–H groups in total. The standard InChI is InChI=1S/C30H41N3O10/c1-18-7-6-8-19(2)24(18)31-23(34)16-33-13-11-32(12-14-33)15-20(17-41-22-10-5-4-9-21(22)40-3)42-30-27(37)25(35)26(36)28(43-30)29(38)39/h4-10,20,25-28,30,35-37H,11-17H2,1-3H3,(H,31,34)(H,38,39)/t20?,25-,26-,27+,28-,30+/m0/s1. The van der Waals surface area contributed by atoms with Crippen molar-refractivity contribution in [1.82, 2.24) is 9.80 Å². The van der Waals surface area contributed by atoms with Gasteiger partial charge in [-0.05, 0) is 37.1 Å². The van der Waals surface area contributed by atoms with Crippen molar-refractivity contribution in [2.75, 3.05) is 58.3 Å². The third-order valence-electron chi connectivity index (χ3n) is 7.67. The lowest BCUT2D eigenvalue weighted by atomic mass is 9.99. The van der Waals surface area contributed by atoms with E-state index in [1.54, 1.807) is 24.3 Å². The lowest BCUT2D eigenvalue weighted by molar-refractivity contribution is -0.306. The summed E-state index contributed by atoms with van der Waals surface area (Å²) < 4.78 is 22.7. The van der Waals surface area contributed by atoms with Crippen LogP contribution in [0.15, 0.2) is 42.5 Å². The number of nitrogens with zero attached hydrogens (tertiary/aromatic N) is 2. The molecule has 0 saturated carbocycles. The maximum Gasteiger partial charge on any atom is 0.335 e. The zero-order valence-corrected chi connectivity index (χ0v) is 24.6. The fourth-order valence-electron chi connectivity index (χ4n) is 5.22. The van der Waals surface area contributed by atoms with Gasteiger partial charge in [-0.2, -0.15) is 0 Å². The summed E-state index contributed by atoms with van der Waals surface area (Å²) in [5, 5.41) is 43.3. The average molecular weight is 604 g/mol. The monoisotopic (exact) mass is 603 g/mol. The maximum absolute atomic E-state index is 12.8. The van der Waals surface area contributed by atoms with Crippen LogP contribution in [0, 0.1) is 13.8 Å². The molecule has 6 atom stereocenters. The highest BCUT2D eigenvalue weighted by Crippen LogP contribution is 2.28. The quantitative estimate of drug-likeness (QED) is 0.224. The van der Waals surface area contributed by atoms with E-state index >= 15 is 0 Å². The van der Waals surface area contributed by atoms with Crippen LogP contribution in [0.2, 0.25) is 0 Å². The largest absolute Gasteiger partial charge is 0.493 e. The topological polar surface area (TPSA) is 170 Å². The van der Waals surface area contributed by atoms with Crippen LogP contribution in [-0.4, -0.2) is 132 Å². The number of rotatable bonds is 12. The van der Waals surface area contributed by atoms with Crippen LogP contribution in [0.4, 0.5) is 5.69 Å². The van der Waals surface area contributed by atoms with E-state index in [9.17, 15) is 30.0 Å². The molecule has 0 radical (unpaired) electrons. The van der Waals surface area contributed by atoms with Crippen molar-refractivity contribution in [2.45, 2.75) is 50.7 Å². The van der Waals surface area contributed by atoms with Crippen LogP contribution in [-0.2, 0) is 19.1 Å². The number of amides is 1. The molecule has 2 fully saturated rings. The predicted octanol–water partition coefficient (Wildman–Crippen LogP) is 0.225. The molecule has 2 aromatic carbocycles. The number of aliphatic carboxylic acids is 1. The molecular formula is C30H41N3O10. The van der Waals surface area contributed by atoms with E-state index in [1.165, 1.54) is 7.11 Å². The number of carboxylic acids is 1. The number of nitrogens with one attached hydrogen (secondary N) is 1. The Morgan fingerprint density at radius 3 is 2.19 bits per heavy atom. The third-order valence-corrected chi connectivity index (χ3v) is 7.67. The van der Waals surface area contributed by atoms with Crippen molar-refractivity contribution in [3.05, 3.63) is 53.6 Å². The number of carbonyl (C=O) groups is 2. The average Bonchev–Trinajstić information content (AvgIpc) is 2.99. The first-order valence-corrected chi connectivity index (χ1v) is 14.2. The molecule has 2 aliphatic rings. The SMILES string of the molecule is COc1ccccc1OCC(CN1CCN(CC(=O)Nc2c(C)cccc2C)CC1)O[C@@H]1O[C@H](C(=O)O)[C@@H](O)[C@H](O)[C@H]1O. The van der Waals surface area contributed by atoms with Gasteiger partial charge in [0.2, 0.25) is 5.91 Å².